The molecule has 0 aromatic heterocycles. The van der Waals surface area contributed by atoms with Crippen molar-refractivity contribution in [3.05, 3.63) is 35.9 Å². The minimum atomic E-state index is 0.476. The van der Waals surface area contributed by atoms with Crippen LogP contribution in [0.4, 0.5) is 0 Å². The van der Waals surface area contributed by atoms with E-state index in [4.69, 9.17) is 0 Å². The second kappa shape index (κ2) is 7.37. The molecule has 0 aliphatic carbocycles. The Balaban J connectivity index is 1.46. The average molecular weight is 235 g/mol. The molecule has 5 nitrogen and oxygen atoms in total. The number of hydrogen-bond acceptors (Lipinski definition) is 5. The van der Waals surface area contributed by atoms with Gasteiger partial charge in [0.2, 0.25) is 0 Å². The molecule has 1 unspecified atom stereocenters. The molecule has 5 heteroatoms. The molecule has 1 aromatic rings. The van der Waals surface area contributed by atoms with Gasteiger partial charge in [0.05, 0.1) is 0 Å². The fraction of sp³-hybridized carbons (Fsp3) is 0.500. The highest BCUT2D eigenvalue weighted by atomic mass is 15.6. The van der Waals surface area contributed by atoms with E-state index in [9.17, 15) is 0 Å². The monoisotopic (exact) mass is 235 g/mol. The molecule has 1 atom stereocenters. The van der Waals surface area contributed by atoms with Gasteiger partial charge in [-0.2, -0.15) is 5.53 Å². The Hall–Kier alpha value is -0.980. The standard InChI is InChI=1S/C12H21N5/c1-2-4-11(5-3-1)8-13-6-7-14-9-12-10-15-17-16-12/h1-5,12-17H,6-10H2. The predicted molar refractivity (Wildman–Crippen MR) is 69.1 cm³/mol. The molecule has 0 bridgehead atoms. The second-order valence-corrected chi connectivity index (χ2v) is 4.21. The summed E-state index contributed by atoms with van der Waals surface area (Å²) in [6.07, 6.45) is 0. The van der Waals surface area contributed by atoms with Crippen molar-refractivity contribution < 1.29 is 0 Å². The van der Waals surface area contributed by atoms with E-state index >= 15 is 0 Å². The van der Waals surface area contributed by atoms with Crippen LogP contribution in [0.25, 0.3) is 0 Å². The molecule has 0 radical (unpaired) electrons. The minimum Gasteiger partial charge on any atom is -0.314 e. The van der Waals surface area contributed by atoms with E-state index < -0.39 is 0 Å². The number of benzene rings is 1. The number of rotatable bonds is 7. The van der Waals surface area contributed by atoms with E-state index in [1.165, 1.54) is 5.56 Å². The van der Waals surface area contributed by atoms with Gasteiger partial charge in [0.15, 0.2) is 0 Å². The summed E-state index contributed by atoms with van der Waals surface area (Å²) in [7, 11) is 0. The number of hydrazine groups is 2. The van der Waals surface area contributed by atoms with Crippen molar-refractivity contribution in [3.8, 4) is 0 Å². The molecule has 94 valence electrons. The topological polar surface area (TPSA) is 60.1 Å². The maximum atomic E-state index is 3.41. The van der Waals surface area contributed by atoms with Crippen LogP contribution in [0.5, 0.6) is 0 Å². The van der Waals surface area contributed by atoms with Crippen molar-refractivity contribution in [2.24, 2.45) is 0 Å². The summed E-state index contributed by atoms with van der Waals surface area (Å²) >= 11 is 0. The highest BCUT2D eigenvalue weighted by molar-refractivity contribution is 5.14. The lowest BCUT2D eigenvalue weighted by molar-refractivity contribution is 0.504. The summed E-state index contributed by atoms with van der Waals surface area (Å²) in [5.74, 6) is 0. The van der Waals surface area contributed by atoms with Gasteiger partial charge in [-0.15, -0.1) is 0 Å². The molecule has 1 aliphatic heterocycles. The molecule has 2 rings (SSSR count). The van der Waals surface area contributed by atoms with Gasteiger partial charge in [-0.1, -0.05) is 30.3 Å². The first-order valence-corrected chi connectivity index (χ1v) is 6.14. The van der Waals surface area contributed by atoms with Crippen LogP contribution in [0.15, 0.2) is 30.3 Å². The maximum absolute atomic E-state index is 3.41. The van der Waals surface area contributed by atoms with Crippen LogP contribution < -0.4 is 27.0 Å². The van der Waals surface area contributed by atoms with Crippen molar-refractivity contribution in [2.75, 3.05) is 26.2 Å². The van der Waals surface area contributed by atoms with Gasteiger partial charge < -0.3 is 10.6 Å². The molecule has 1 aliphatic rings. The fourth-order valence-electron chi connectivity index (χ4n) is 1.78. The van der Waals surface area contributed by atoms with Gasteiger partial charge in [-0.05, 0) is 5.56 Å². The first-order chi connectivity index (χ1) is 8.45. The van der Waals surface area contributed by atoms with Gasteiger partial charge in [-0.25, -0.2) is 10.9 Å². The molecule has 0 amide bonds. The Morgan fingerprint density at radius 1 is 1.12 bits per heavy atom. The van der Waals surface area contributed by atoms with Crippen LogP contribution in [0, 0.1) is 0 Å². The Morgan fingerprint density at radius 3 is 2.71 bits per heavy atom. The Morgan fingerprint density at radius 2 is 1.94 bits per heavy atom. The van der Waals surface area contributed by atoms with Crippen LogP contribution in [0.3, 0.4) is 0 Å². The summed E-state index contributed by atoms with van der Waals surface area (Å²) in [4.78, 5) is 0. The summed E-state index contributed by atoms with van der Waals surface area (Å²) in [6.45, 7) is 4.86. The van der Waals surface area contributed by atoms with E-state index in [1.54, 1.807) is 0 Å². The van der Waals surface area contributed by atoms with E-state index in [1.807, 2.05) is 6.07 Å². The molecule has 1 aromatic carbocycles. The molecule has 1 heterocycles. The van der Waals surface area contributed by atoms with Crippen molar-refractivity contribution in [1.82, 2.24) is 27.0 Å². The highest BCUT2D eigenvalue weighted by Gasteiger charge is 2.11. The van der Waals surface area contributed by atoms with Crippen molar-refractivity contribution in [2.45, 2.75) is 12.6 Å². The lowest BCUT2D eigenvalue weighted by Gasteiger charge is -2.10. The predicted octanol–water partition coefficient (Wildman–Crippen LogP) is -0.653. The quantitative estimate of drug-likeness (QED) is 0.407. The summed E-state index contributed by atoms with van der Waals surface area (Å²) in [5, 5.41) is 6.82. The smallest absolute Gasteiger partial charge is 0.0489 e. The third-order valence-corrected chi connectivity index (χ3v) is 2.75. The first-order valence-electron chi connectivity index (χ1n) is 6.14. The normalized spacial score (nSPS) is 19.6. The van der Waals surface area contributed by atoms with Crippen LogP contribution in [-0.2, 0) is 6.54 Å². The molecular weight excluding hydrogens is 214 g/mol. The average Bonchev–Trinajstić information content (AvgIpc) is 2.88. The Labute approximate surface area is 102 Å². The summed E-state index contributed by atoms with van der Waals surface area (Å²) < 4.78 is 0. The van der Waals surface area contributed by atoms with Crippen LogP contribution in [0.2, 0.25) is 0 Å². The fourth-order valence-corrected chi connectivity index (χ4v) is 1.78. The third kappa shape index (κ3) is 4.80. The SMILES string of the molecule is c1ccc(CNCCNCC2CNNN2)cc1. The molecule has 17 heavy (non-hydrogen) atoms. The molecule has 0 spiro atoms. The van der Waals surface area contributed by atoms with Gasteiger partial charge in [0.25, 0.3) is 0 Å². The van der Waals surface area contributed by atoms with E-state index in [-0.39, 0.29) is 0 Å². The van der Waals surface area contributed by atoms with Gasteiger partial charge in [0, 0.05) is 38.8 Å². The highest BCUT2D eigenvalue weighted by Crippen LogP contribution is 1.96. The van der Waals surface area contributed by atoms with Crippen LogP contribution >= 0.6 is 0 Å². The molecular formula is C12H21N5. The van der Waals surface area contributed by atoms with Gasteiger partial charge >= 0.3 is 0 Å². The number of nitrogens with one attached hydrogen (secondary N) is 5. The Bertz CT molecular complexity index is 297. The van der Waals surface area contributed by atoms with E-state index in [0.717, 1.165) is 32.7 Å². The van der Waals surface area contributed by atoms with E-state index in [2.05, 4.69) is 51.3 Å². The molecule has 0 saturated carbocycles. The summed E-state index contributed by atoms with van der Waals surface area (Å²) in [6, 6.07) is 10.9. The van der Waals surface area contributed by atoms with Crippen molar-refractivity contribution in [3.63, 3.8) is 0 Å². The van der Waals surface area contributed by atoms with Crippen molar-refractivity contribution in [1.29, 1.82) is 0 Å². The molecule has 5 N–H and O–H groups in total. The lowest BCUT2D eigenvalue weighted by Crippen LogP contribution is -2.41. The zero-order valence-electron chi connectivity index (χ0n) is 10.00. The van der Waals surface area contributed by atoms with Crippen LogP contribution in [0.1, 0.15) is 5.56 Å². The zero-order valence-corrected chi connectivity index (χ0v) is 10.00. The maximum Gasteiger partial charge on any atom is 0.0489 e. The minimum absolute atomic E-state index is 0.476. The summed E-state index contributed by atoms with van der Waals surface area (Å²) in [5.41, 5.74) is 10.4. The van der Waals surface area contributed by atoms with Gasteiger partial charge in [-0.3, -0.25) is 0 Å². The largest absolute Gasteiger partial charge is 0.314 e. The Kier molecular flexibility index (Phi) is 5.41. The number of hydrogen-bond donors (Lipinski definition) is 5. The lowest BCUT2D eigenvalue weighted by atomic mass is 10.2. The van der Waals surface area contributed by atoms with Crippen molar-refractivity contribution >= 4 is 0 Å². The first kappa shape index (κ1) is 12.5. The third-order valence-electron chi connectivity index (χ3n) is 2.75. The zero-order chi connectivity index (χ0) is 11.8. The second-order valence-electron chi connectivity index (χ2n) is 4.21. The van der Waals surface area contributed by atoms with Crippen LogP contribution in [-0.4, -0.2) is 32.2 Å². The van der Waals surface area contributed by atoms with E-state index in [0.29, 0.717) is 6.04 Å². The van der Waals surface area contributed by atoms with Gasteiger partial charge in [0.1, 0.15) is 0 Å². The molecule has 1 saturated heterocycles. The molecule has 1 fully saturated rings.